The molecule has 1 saturated heterocycles. The lowest BCUT2D eigenvalue weighted by Gasteiger charge is -2.29. The lowest BCUT2D eigenvalue weighted by Crippen LogP contribution is -2.43. The van der Waals surface area contributed by atoms with Gasteiger partial charge in [0.2, 0.25) is 11.8 Å². The SMILES string of the molecule is O=C1[C@@H]2CC=CC[C@H]2C(=O)N1CN1CC=C(c2ccccc2)CC1. The standard InChI is InChI=1S/C20H22N2O2/c23-19-17-8-4-5-9-18(17)20(24)22(19)14-21-12-10-16(11-13-21)15-6-2-1-3-7-15/h1-7,10,17-18H,8-9,11-14H2/t17-,18-/m1/s1. The number of amides is 2. The number of likely N-dealkylation sites (tertiary alicyclic amines) is 1. The van der Waals surface area contributed by atoms with Gasteiger partial charge in [0.15, 0.2) is 0 Å². The van der Waals surface area contributed by atoms with Crippen molar-refractivity contribution in [3.63, 3.8) is 0 Å². The van der Waals surface area contributed by atoms with Crippen molar-refractivity contribution >= 4 is 17.4 Å². The number of hydrogen-bond acceptors (Lipinski definition) is 3. The number of hydrogen-bond donors (Lipinski definition) is 0. The zero-order chi connectivity index (χ0) is 16.5. The molecule has 1 aromatic carbocycles. The van der Waals surface area contributed by atoms with Crippen LogP contribution in [0.3, 0.4) is 0 Å². The van der Waals surface area contributed by atoms with E-state index in [1.165, 1.54) is 16.0 Å². The van der Waals surface area contributed by atoms with Gasteiger partial charge in [-0.3, -0.25) is 19.4 Å². The third-order valence-electron chi connectivity index (χ3n) is 5.38. The molecule has 1 fully saturated rings. The molecular weight excluding hydrogens is 300 g/mol. The van der Waals surface area contributed by atoms with Crippen molar-refractivity contribution < 1.29 is 9.59 Å². The molecule has 4 nitrogen and oxygen atoms in total. The normalized spacial score (nSPS) is 27.3. The van der Waals surface area contributed by atoms with Gasteiger partial charge in [0.05, 0.1) is 18.5 Å². The van der Waals surface area contributed by atoms with Crippen molar-refractivity contribution in [1.29, 1.82) is 0 Å². The first-order valence-electron chi connectivity index (χ1n) is 8.71. The molecule has 0 aromatic heterocycles. The molecule has 2 amide bonds. The summed E-state index contributed by atoms with van der Waals surface area (Å²) in [7, 11) is 0. The maximum absolute atomic E-state index is 12.5. The van der Waals surface area contributed by atoms with Crippen LogP contribution in [0.2, 0.25) is 0 Å². The van der Waals surface area contributed by atoms with E-state index in [9.17, 15) is 9.59 Å². The molecule has 4 heteroatoms. The summed E-state index contributed by atoms with van der Waals surface area (Å²) in [4.78, 5) is 28.8. The summed E-state index contributed by atoms with van der Waals surface area (Å²) in [6, 6.07) is 10.4. The second kappa shape index (κ2) is 6.36. The van der Waals surface area contributed by atoms with Gasteiger partial charge < -0.3 is 0 Å². The number of fused-ring (bicyclic) bond motifs is 1. The van der Waals surface area contributed by atoms with Crippen LogP contribution in [0.5, 0.6) is 0 Å². The molecule has 124 valence electrons. The molecule has 2 heterocycles. The molecule has 0 spiro atoms. The Morgan fingerprint density at radius 1 is 0.958 bits per heavy atom. The average molecular weight is 322 g/mol. The largest absolute Gasteiger partial charge is 0.282 e. The Bertz CT molecular complexity index is 682. The van der Waals surface area contributed by atoms with Crippen LogP contribution in [0, 0.1) is 11.8 Å². The molecule has 0 bridgehead atoms. The molecular formula is C20H22N2O2. The molecule has 2 atom stereocenters. The molecule has 3 aliphatic rings. The number of imide groups is 1. The second-order valence-electron chi connectivity index (χ2n) is 6.82. The van der Waals surface area contributed by atoms with Crippen molar-refractivity contribution in [3.8, 4) is 0 Å². The van der Waals surface area contributed by atoms with Gasteiger partial charge in [-0.1, -0.05) is 48.6 Å². The molecule has 0 saturated carbocycles. The van der Waals surface area contributed by atoms with E-state index in [-0.39, 0.29) is 23.7 Å². The predicted molar refractivity (Wildman–Crippen MR) is 92.7 cm³/mol. The zero-order valence-electron chi connectivity index (χ0n) is 13.7. The molecule has 0 unspecified atom stereocenters. The van der Waals surface area contributed by atoms with Crippen LogP contribution in [-0.4, -0.2) is 41.4 Å². The highest BCUT2D eigenvalue weighted by Gasteiger charge is 2.47. The number of nitrogens with zero attached hydrogens (tertiary/aromatic N) is 2. The number of allylic oxidation sites excluding steroid dienone is 2. The summed E-state index contributed by atoms with van der Waals surface area (Å²) < 4.78 is 0. The van der Waals surface area contributed by atoms with Gasteiger partial charge >= 0.3 is 0 Å². The van der Waals surface area contributed by atoms with Crippen LogP contribution >= 0.6 is 0 Å². The lowest BCUT2D eigenvalue weighted by atomic mass is 9.85. The monoisotopic (exact) mass is 322 g/mol. The van der Waals surface area contributed by atoms with Crippen LogP contribution < -0.4 is 0 Å². The maximum Gasteiger partial charge on any atom is 0.234 e. The van der Waals surface area contributed by atoms with E-state index in [1.807, 2.05) is 18.2 Å². The molecule has 0 radical (unpaired) electrons. The third kappa shape index (κ3) is 2.71. The minimum atomic E-state index is -0.122. The number of carbonyl (C=O) groups excluding carboxylic acids is 2. The molecule has 24 heavy (non-hydrogen) atoms. The molecule has 1 aromatic rings. The molecule has 4 rings (SSSR count). The fourth-order valence-electron chi connectivity index (χ4n) is 3.96. The van der Waals surface area contributed by atoms with Crippen LogP contribution in [0.1, 0.15) is 24.8 Å². The van der Waals surface area contributed by atoms with Gasteiger partial charge in [0.1, 0.15) is 0 Å². The fraction of sp³-hybridized carbons (Fsp3) is 0.400. The van der Waals surface area contributed by atoms with Gasteiger partial charge in [-0.2, -0.15) is 0 Å². The van der Waals surface area contributed by atoms with Crippen molar-refractivity contribution in [1.82, 2.24) is 9.80 Å². The Morgan fingerprint density at radius 3 is 2.21 bits per heavy atom. The lowest BCUT2D eigenvalue weighted by molar-refractivity contribution is -0.142. The zero-order valence-corrected chi connectivity index (χ0v) is 13.7. The first-order valence-corrected chi connectivity index (χ1v) is 8.71. The van der Waals surface area contributed by atoms with Crippen LogP contribution in [0.15, 0.2) is 48.6 Å². The van der Waals surface area contributed by atoms with Crippen molar-refractivity contribution in [2.45, 2.75) is 19.3 Å². The first kappa shape index (κ1) is 15.3. The van der Waals surface area contributed by atoms with Crippen LogP contribution in [0.4, 0.5) is 0 Å². The Morgan fingerprint density at radius 2 is 1.62 bits per heavy atom. The smallest absolute Gasteiger partial charge is 0.234 e. The van der Waals surface area contributed by atoms with E-state index in [0.717, 1.165) is 19.5 Å². The Labute approximate surface area is 142 Å². The second-order valence-corrected chi connectivity index (χ2v) is 6.82. The van der Waals surface area contributed by atoms with E-state index < -0.39 is 0 Å². The third-order valence-corrected chi connectivity index (χ3v) is 5.38. The summed E-state index contributed by atoms with van der Waals surface area (Å²) in [5, 5.41) is 0. The van der Waals surface area contributed by atoms with Crippen molar-refractivity contribution in [3.05, 3.63) is 54.1 Å². The van der Waals surface area contributed by atoms with Gasteiger partial charge in [-0.05, 0) is 30.4 Å². The Balaban J connectivity index is 1.41. The van der Waals surface area contributed by atoms with Crippen LogP contribution in [0.25, 0.3) is 5.57 Å². The molecule has 0 N–H and O–H groups in total. The number of benzene rings is 1. The topological polar surface area (TPSA) is 40.6 Å². The Hall–Kier alpha value is -2.20. The summed E-state index contributed by atoms with van der Waals surface area (Å²) in [5.41, 5.74) is 2.62. The van der Waals surface area contributed by atoms with Crippen molar-refractivity contribution in [2.24, 2.45) is 11.8 Å². The minimum absolute atomic E-state index is 0.0205. The quantitative estimate of drug-likeness (QED) is 0.634. The summed E-state index contributed by atoms with van der Waals surface area (Å²) in [6.45, 7) is 2.10. The fourth-order valence-corrected chi connectivity index (χ4v) is 3.96. The van der Waals surface area contributed by atoms with Gasteiger partial charge in [-0.15, -0.1) is 0 Å². The highest BCUT2D eigenvalue weighted by atomic mass is 16.2. The number of rotatable bonds is 3. The van der Waals surface area contributed by atoms with Gasteiger partial charge in [0, 0.05) is 13.1 Å². The Kier molecular flexibility index (Phi) is 4.07. The van der Waals surface area contributed by atoms with E-state index >= 15 is 0 Å². The predicted octanol–water partition coefficient (Wildman–Crippen LogP) is 2.68. The maximum atomic E-state index is 12.5. The van der Waals surface area contributed by atoms with E-state index in [1.54, 1.807) is 0 Å². The van der Waals surface area contributed by atoms with Crippen molar-refractivity contribution in [2.75, 3.05) is 19.8 Å². The van der Waals surface area contributed by atoms with Gasteiger partial charge in [0.25, 0.3) is 0 Å². The molecule has 1 aliphatic carbocycles. The van der Waals surface area contributed by atoms with E-state index in [0.29, 0.717) is 19.5 Å². The molecule has 2 aliphatic heterocycles. The van der Waals surface area contributed by atoms with Gasteiger partial charge in [-0.25, -0.2) is 0 Å². The summed E-state index contributed by atoms with van der Waals surface area (Å²) in [5.74, 6) is -0.204. The number of carbonyl (C=O) groups is 2. The first-order chi connectivity index (χ1) is 11.7. The van der Waals surface area contributed by atoms with Crippen LogP contribution in [-0.2, 0) is 9.59 Å². The average Bonchev–Trinajstić information content (AvgIpc) is 2.88. The highest BCUT2D eigenvalue weighted by Crippen LogP contribution is 2.35. The summed E-state index contributed by atoms with van der Waals surface area (Å²) in [6.07, 6.45) is 8.66. The summed E-state index contributed by atoms with van der Waals surface area (Å²) >= 11 is 0. The van der Waals surface area contributed by atoms with E-state index in [2.05, 4.69) is 35.2 Å². The minimum Gasteiger partial charge on any atom is -0.282 e. The van der Waals surface area contributed by atoms with E-state index in [4.69, 9.17) is 0 Å². The highest BCUT2D eigenvalue weighted by molar-refractivity contribution is 6.05.